The summed E-state index contributed by atoms with van der Waals surface area (Å²) in [7, 11) is 0. The number of nitrogens with zero attached hydrogens (tertiary/aromatic N) is 2. The van der Waals surface area contributed by atoms with Gasteiger partial charge in [0.15, 0.2) is 11.3 Å². The first-order valence-corrected chi connectivity index (χ1v) is 6.42. The Morgan fingerprint density at radius 2 is 1.78 bits per heavy atom. The first kappa shape index (κ1) is 14.4. The van der Waals surface area contributed by atoms with Gasteiger partial charge in [0, 0.05) is 12.4 Å². The van der Waals surface area contributed by atoms with E-state index in [1.807, 2.05) is 0 Å². The van der Waals surface area contributed by atoms with Crippen LogP contribution in [0.1, 0.15) is 39.5 Å². The van der Waals surface area contributed by atoms with Crippen LogP contribution >= 0.6 is 0 Å². The van der Waals surface area contributed by atoms with E-state index in [0.29, 0.717) is 0 Å². The molecule has 0 atom stereocenters. The normalized spacial score (nSPS) is 22.8. The number of hydrogen-bond acceptors (Lipinski definition) is 4. The smallest absolute Gasteiger partial charge is 0.173 e. The summed E-state index contributed by atoms with van der Waals surface area (Å²) in [5.41, 5.74) is 5.31. The van der Waals surface area contributed by atoms with Crippen molar-refractivity contribution in [1.29, 1.82) is 10.8 Å². The lowest BCUT2D eigenvalue weighted by atomic mass is 9.84. The van der Waals surface area contributed by atoms with Gasteiger partial charge in [0.25, 0.3) is 0 Å². The van der Waals surface area contributed by atoms with Gasteiger partial charge in [-0.05, 0) is 11.8 Å². The van der Waals surface area contributed by atoms with Crippen molar-refractivity contribution in [2.75, 3.05) is 5.73 Å². The molecule has 1 saturated carbocycles. The zero-order chi connectivity index (χ0) is 13.5. The summed E-state index contributed by atoms with van der Waals surface area (Å²) >= 11 is 0. The fourth-order valence-electron chi connectivity index (χ4n) is 1.99. The van der Waals surface area contributed by atoms with Crippen LogP contribution in [-0.4, -0.2) is 15.9 Å². The van der Waals surface area contributed by atoms with E-state index in [1.165, 1.54) is 42.6 Å². The molecule has 4 N–H and O–H groups in total. The summed E-state index contributed by atoms with van der Waals surface area (Å²) in [6.45, 7) is 4.73. The molecular formula is C13H23N5. The van der Waals surface area contributed by atoms with Gasteiger partial charge in [0.1, 0.15) is 0 Å². The lowest BCUT2D eigenvalue weighted by molar-refractivity contribution is 0.308. The number of anilines is 1. The molecule has 0 aliphatic heterocycles. The molecule has 2 rings (SSSR count). The van der Waals surface area contributed by atoms with Crippen LogP contribution in [0.15, 0.2) is 12.4 Å². The Labute approximate surface area is 108 Å². The molecule has 0 amide bonds. The molecule has 18 heavy (non-hydrogen) atoms. The third-order valence-corrected chi connectivity index (χ3v) is 3.39. The van der Waals surface area contributed by atoms with Crippen molar-refractivity contribution in [2.24, 2.45) is 11.8 Å². The van der Waals surface area contributed by atoms with Crippen LogP contribution < -0.4 is 11.2 Å². The van der Waals surface area contributed by atoms with Crippen molar-refractivity contribution >= 4 is 12.2 Å². The largest absolute Gasteiger partial charge is 0.381 e. The predicted octanol–water partition coefficient (Wildman–Crippen LogP) is 2.23. The first-order chi connectivity index (χ1) is 8.54. The van der Waals surface area contributed by atoms with Crippen LogP contribution in [0, 0.1) is 22.7 Å². The highest BCUT2D eigenvalue weighted by Gasteiger charge is 2.13. The first-order valence-electron chi connectivity index (χ1n) is 6.42. The lowest BCUT2D eigenvalue weighted by Crippen LogP contribution is -2.22. The van der Waals surface area contributed by atoms with E-state index in [2.05, 4.69) is 18.8 Å². The van der Waals surface area contributed by atoms with Crippen LogP contribution in [0.2, 0.25) is 0 Å². The number of nitrogens with one attached hydrogen (secondary N) is 2. The number of nitrogen functional groups attached to an aromatic ring is 1. The quantitative estimate of drug-likeness (QED) is 0.526. The average molecular weight is 249 g/mol. The summed E-state index contributed by atoms with van der Waals surface area (Å²) in [4.78, 5) is 3.65. The molecule has 1 aliphatic rings. The maximum Gasteiger partial charge on any atom is 0.173 e. The van der Waals surface area contributed by atoms with E-state index in [-0.39, 0.29) is 11.3 Å². The summed E-state index contributed by atoms with van der Waals surface area (Å²) in [6, 6.07) is 0. The van der Waals surface area contributed by atoms with Gasteiger partial charge in [-0.25, -0.2) is 4.98 Å². The van der Waals surface area contributed by atoms with Crippen LogP contribution in [-0.2, 0) is 0 Å². The molecule has 1 aromatic heterocycles. The van der Waals surface area contributed by atoms with E-state index in [0.717, 1.165) is 18.2 Å². The topological polar surface area (TPSA) is 91.5 Å². The molecule has 0 radical (unpaired) electrons. The highest BCUT2D eigenvalue weighted by Crippen LogP contribution is 2.27. The van der Waals surface area contributed by atoms with E-state index in [4.69, 9.17) is 16.6 Å². The van der Waals surface area contributed by atoms with Gasteiger partial charge in [0.2, 0.25) is 0 Å². The van der Waals surface area contributed by atoms with Crippen molar-refractivity contribution in [3.8, 4) is 0 Å². The van der Waals surface area contributed by atoms with Gasteiger partial charge in [0.05, 0.1) is 6.34 Å². The van der Waals surface area contributed by atoms with Gasteiger partial charge >= 0.3 is 0 Å². The standard InChI is InChI=1S/C8H16.C5H7N5/c1-7-3-5-8(2)6-4-7;6-3-10-2-1-9-4(7)5(10)8/h7-8H,3-6H2,1-2H3;1-3,6,8H,(H2,7,9). The predicted molar refractivity (Wildman–Crippen MR) is 73.5 cm³/mol. The van der Waals surface area contributed by atoms with Crippen LogP contribution in [0.25, 0.3) is 0 Å². The molecule has 1 aromatic rings. The highest BCUT2D eigenvalue weighted by atomic mass is 15.0. The Kier molecular flexibility index (Phi) is 5.55. The number of hydrogen-bond donors (Lipinski definition) is 3. The van der Waals surface area contributed by atoms with Crippen molar-refractivity contribution in [1.82, 2.24) is 9.55 Å². The van der Waals surface area contributed by atoms with Crippen LogP contribution in [0.3, 0.4) is 0 Å². The second-order valence-corrected chi connectivity index (χ2v) is 5.06. The third-order valence-electron chi connectivity index (χ3n) is 3.39. The molecule has 0 spiro atoms. The number of nitrogens with two attached hydrogens (primary N) is 1. The van der Waals surface area contributed by atoms with Gasteiger partial charge in [-0.2, -0.15) is 0 Å². The van der Waals surface area contributed by atoms with E-state index in [9.17, 15) is 0 Å². The van der Waals surface area contributed by atoms with Crippen molar-refractivity contribution in [3.63, 3.8) is 0 Å². The van der Waals surface area contributed by atoms with Crippen LogP contribution in [0.4, 0.5) is 5.82 Å². The summed E-state index contributed by atoms with van der Waals surface area (Å²) in [5.74, 6) is 2.17. The molecule has 0 saturated heterocycles. The van der Waals surface area contributed by atoms with Gasteiger partial charge in [-0.1, -0.05) is 39.5 Å². The summed E-state index contributed by atoms with van der Waals surface area (Å²) in [6.07, 6.45) is 9.83. The monoisotopic (exact) mass is 249 g/mol. The lowest BCUT2D eigenvalue weighted by Gasteiger charge is -2.22. The number of rotatable bonds is 1. The Hall–Kier alpha value is -1.65. The zero-order valence-electron chi connectivity index (χ0n) is 11.2. The second kappa shape index (κ2) is 6.93. The van der Waals surface area contributed by atoms with Gasteiger partial charge in [-0.3, -0.25) is 15.4 Å². The van der Waals surface area contributed by atoms with E-state index in [1.54, 1.807) is 0 Å². The maximum absolute atomic E-state index is 7.22. The SMILES string of the molecule is CC1CCC(C)CC1.N=Cn1ccnc(N)c1=N. The number of aromatic nitrogens is 2. The molecule has 1 heterocycles. The second-order valence-electron chi connectivity index (χ2n) is 5.06. The van der Waals surface area contributed by atoms with Crippen molar-refractivity contribution in [2.45, 2.75) is 39.5 Å². The minimum atomic E-state index is 0.0394. The highest BCUT2D eigenvalue weighted by molar-refractivity contribution is 5.54. The minimum Gasteiger partial charge on any atom is -0.381 e. The molecule has 0 unspecified atom stereocenters. The Bertz CT molecular complexity index is 419. The zero-order valence-corrected chi connectivity index (χ0v) is 11.2. The Balaban J connectivity index is 0.000000184. The third kappa shape index (κ3) is 4.31. The van der Waals surface area contributed by atoms with E-state index >= 15 is 0 Å². The van der Waals surface area contributed by atoms with Crippen molar-refractivity contribution in [3.05, 3.63) is 17.9 Å². The fraction of sp³-hybridized carbons (Fsp3) is 0.615. The molecule has 0 aromatic carbocycles. The van der Waals surface area contributed by atoms with Gasteiger partial charge in [-0.15, -0.1) is 0 Å². The Morgan fingerprint density at radius 1 is 1.28 bits per heavy atom. The minimum absolute atomic E-state index is 0.0394. The summed E-state index contributed by atoms with van der Waals surface area (Å²) < 4.78 is 1.27. The van der Waals surface area contributed by atoms with Crippen LogP contribution in [0.5, 0.6) is 0 Å². The molecule has 5 heteroatoms. The van der Waals surface area contributed by atoms with E-state index < -0.39 is 0 Å². The molecule has 1 fully saturated rings. The molecular weight excluding hydrogens is 226 g/mol. The average Bonchev–Trinajstić information content (AvgIpc) is 2.37. The van der Waals surface area contributed by atoms with Gasteiger partial charge < -0.3 is 5.73 Å². The molecule has 1 aliphatic carbocycles. The Morgan fingerprint density at radius 3 is 2.17 bits per heavy atom. The maximum atomic E-state index is 7.22. The molecule has 100 valence electrons. The fourth-order valence-corrected chi connectivity index (χ4v) is 1.99. The van der Waals surface area contributed by atoms with Crippen molar-refractivity contribution < 1.29 is 0 Å². The molecule has 5 nitrogen and oxygen atoms in total. The summed E-state index contributed by atoms with van der Waals surface area (Å²) in [5, 5.41) is 14.0. The molecule has 0 bridgehead atoms.